The van der Waals surface area contributed by atoms with Crippen LogP contribution in [0, 0.1) is 17.8 Å². The minimum absolute atomic E-state index is 0.0962. The van der Waals surface area contributed by atoms with Crippen LogP contribution in [0.4, 0.5) is 5.82 Å². The van der Waals surface area contributed by atoms with E-state index in [4.69, 9.17) is 19.2 Å². The first-order chi connectivity index (χ1) is 17.5. The molecule has 1 unspecified atom stereocenters. The molecular weight excluding hydrogens is 462 g/mol. The molecule has 4 heterocycles. The van der Waals surface area contributed by atoms with E-state index in [1.165, 1.54) is 38.5 Å². The van der Waals surface area contributed by atoms with Gasteiger partial charge in [0.2, 0.25) is 0 Å². The lowest BCUT2D eigenvalue weighted by Gasteiger charge is -2.57. The molecule has 2 N–H and O–H groups in total. The number of rotatable bonds is 4. The fourth-order valence-electron chi connectivity index (χ4n) is 8.81. The van der Waals surface area contributed by atoms with Gasteiger partial charge in [0.15, 0.2) is 35.1 Å². The number of imidazole rings is 1. The van der Waals surface area contributed by atoms with Gasteiger partial charge in [-0.15, -0.1) is 0 Å². The zero-order valence-electron chi connectivity index (χ0n) is 20.3. The summed E-state index contributed by atoms with van der Waals surface area (Å²) in [6.45, 7) is 0. The number of hydrogen-bond acceptors (Lipinski definition) is 8. The number of carboxylic acid groups (broad SMARTS) is 1. The Kier molecular flexibility index (Phi) is 4.60. The molecule has 10 heteroatoms. The maximum Gasteiger partial charge on any atom is 0.335 e. The van der Waals surface area contributed by atoms with Crippen LogP contribution in [0.2, 0.25) is 0 Å². The molecule has 2 saturated heterocycles. The summed E-state index contributed by atoms with van der Waals surface area (Å²) < 4.78 is 20.6. The molecule has 1 spiro atoms. The molecule has 4 atom stereocenters. The number of ether oxygens (including phenoxy) is 3. The quantitative estimate of drug-likeness (QED) is 0.655. The highest BCUT2D eigenvalue weighted by Gasteiger charge is 2.61. The van der Waals surface area contributed by atoms with Crippen molar-refractivity contribution in [1.29, 1.82) is 0 Å². The lowest BCUT2D eigenvalue weighted by molar-refractivity contribution is -0.231. The van der Waals surface area contributed by atoms with Crippen molar-refractivity contribution < 1.29 is 24.1 Å². The van der Waals surface area contributed by atoms with E-state index in [0.717, 1.165) is 55.7 Å². The third-order valence-electron chi connectivity index (χ3n) is 9.80. The smallest absolute Gasteiger partial charge is 0.335 e. The van der Waals surface area contributed by atoms with Crippen LogP contribution in [0.5, 0.6) is 0 Å². The summed E-state index contributed by atoms with van der Waals surface area (Å²) in [5.74, 6) is 1.48. The molecule has 7 aliphatic rings. The molecule has 7 fully saturated rings. The largest absolute Gasteiger partial charge is 0.479 e. The zero-order chi connectivity index (χ0) is 24.1. The standard InChI is InChI=1S/C26H33N5O5/c32-24(33)20-18-19(36-26(35-18)4-2-1-3-5-26)23(34-20)31-13-29-17-21(27-12-28-22(17)31)30-25-9-14-6-15(10-25)8-16(7-14)11-25/h12-16,18-20,23H,1-11H2,(H,32,33)(H,27,28,30)/t14?,15?,16?,18?,19-,20-,23+,25?/m0/s1. The molecule has 0 amide bonds. The van der Waals surface area contributed by atoms with Crippen LogP contribution in [-0.4, -0.2) is 60.2 Å². The van der Waals surface area contributed by atoms with Crippen molar-refractivity contribution in [2.75, 3.05) is 5.32 Å². The number of nitrogens with zero attached hydrogens (tertiary/aromatic N) is 4. The summed E-state index contributed by atoms with van der Waals surface area (Å²) in [5.41, 5.74) is 1.41. The minimum Gasteiger partial charge on any atom is -0.479 e. The monoisotopic (exact) mass is 495 g/mol. The van der Waals surface area contributed by atoms with Gasteiger partial charge < -0.3 is 24.6 Å². The first-order valence-corrected chi connectivity index (χ1v) is 13.7. The van der Waals surface area contributed by atoms with Crippen LogP contribution in [0.3, 0.4) is 0 Å². The van der Waals surface area contributed by atoms with Gasteiger partial charge in [0, 0.05) is 18.4 Å². The van der Waals surface area contributed by atoms with Gasteiger partial charge in [-0.05, 0) is 69.1 Å². The fraction of sp³-hybridized carbons (Fsp3) is 0.769. The van der Waals surface area contributed by atoms with Crippen LogP contribution >= 0.6 is 0 Å². The van der Waals surface area contributed by atoms with E-state index in [1.54, 1.807) is 12.7 Å². The molecule has 2 aliphatic heterocycles. The van der Waals surface area contributed by atoms with E-state index in [2.05, 4.69) is 15.3 Å². The molecule has 9 rings (SSSR count). The molecule has 0 radical (unpaired) electrons. The number of aliphatic carboxylic acids is 1. The first kappa shape index (κ1) is 21.8. The average Bonchev–Trinajstić information content (AvgIpc) is 3.51. The summed E-state index contributed by atoms with van der Waals surface area (Å²) in [6.07, 6.45) is 12.8. The van der Waals surface area contributed by atoms with E-state index in [0.29, 0.717) is 11.2 Å². The summed E-state index contributed by atoms with van der Waals surface area (Å²) >= 11 is 0. The minimum atomic E-state index is -1.09. The van der Waals surface area contributed by atoms with Crippen molar-refractivity contribution in [2.45, 2.75) is 106 Å². The number of carbonyl (C=O) groups is 1. The number of anilines is 1. The Morgan fingerprint density at radius 2 is 1.67 bits per heavy atom. The Bertz CT molecular complexity index is 1170. The third-order valence-corrected chi connectivity index (χ3v) is 9.80. The Balaban J connectivity index is 1.12. The highest BCUT2D eigenvalue weighted by atomic mass is 16.8. The van der Waals surface area contributed by atoms with Gasteiger partial charge in [0.1, 0.15) is 18.5 Å². The summed E-state index contributed by atoms with van der Waals surface area (Å²) in [7, 11) is 0. The molecule has 5 saturated carbocycles. The molecule has 36 heavy (non-hydrogen) atoms. The van der Waals surface area contributed by atoms with Crippen LogP contribution in [-0.2, 0) is 19.0 Å². The molecule has 192 valence electrons. The summed E-state index contributed by atoms with van der Waals surface area (Å²) in [5, 5.41) is 13.7. The Labute approximate surface area is 209 Å². The molecular formula is C26H33N5O5. The Hall–Kier alpha value is -2.30. The zero-order valence-corrected chi connectivity index (χ0v) is 20.3. The van der Waals surface area contributed by atoms with E-state index in [1.807, 2.05) is 4.57 Å². The van der Waals surface area contributed by atoms with Gasteiger partial charge in [0.25, 0.3) is 0 Å². The van der Waals surface area contributed by atoms with Crippen LogP contribution < -0.4 is 5.32 Å². The van der Waals surface area contributed by atoms with Gasteiger partial charge in [0.05, 0.1) is 6.33 Å². The summed E-state index contributed by atoms with van der Waals surface area (Å²) in [4.78, 5) is 25.9. The van der Waals surface area contributed by atoms with E-state index in [-0.39, 0.29) is 5.54 Å². The molecule has 2 aromatic rings. The highest BCUT2D eigenvalue weighted by molar-refractivity contribution is 5.83. The van der Waals surface area contributed by atoms with Crippen LogP contribution in [0.25, 0.3) is 11.2 Å². The second kappa shape index (κ2) is 7.61. The van der Waals surface area contributed by atoms with E-state index in [9.17, 15) is 9.90 Å². The van der Waals surface area contributed by atoms with Gasteiger partial charge in [-0.1, -0.05) is 6.42 Å². The lowest BCUT2D eigenvalue weighted by atomic mass is 9.53. The molecule has 0 aromatic carbocycles. The molecule has 2 aromatic heterocycles. The Morgan fingerprint density at radius 1 is 0.972 bits per heavy atom. The number of aromatic nitrogens is 4. The normalized spacial score (nSPS) is 42.3. The second-order valence-electron chi connectivity index (χ2n) is 12.3. The lowest BCUT2D eigenvalue weighted by Crippen LogP contribution is -2.54. The van der Waals surface area contributed by atoms with Crippen molar-refractivity contribution in [1.82, 2.24) is 19.5 Å². The predicted octanol–water partition coefficient (Wildman–Crippen LogP) is 3.63. The number of hydrogen-bond donors (Lipinski definition) is 2. The SMILES string of the molecule is O=C(O)[C@H]1O[C@@H](n2cnc3c(NC45CC6CC(CC(C6)C4)C5)ncnc32)[C@H]2OC3(CCCCC3)OC12. The molecule has 10 nitrogen and oxygen atoms in total. The van der Waals surface area contributed by atoms with E-state index < -0.39 is 36.3 Å². The summed E-state index contributed by atoms with van der Waals surface area (Å²) in [6, 6.07) is 0. The van der Waals surface area contributed by atoms with Crippen molar-refractivity contribution in [3.05, 3.63) is 12.7 Å². The number of fused-ring (bicyclic) bond motifs is 2. The van der Waals surface area contributed by atoms with Crippen molar-refractivity contribution in [3.8, 4) is 0 Å². The van der Waals surface area contributed by atoms with Crippen LogP contribution in [0.15, 0.2) is 12.7 Å². The fourth-order valence-corrected chi connectivity index (χ4v) is 8.81. The van der Waals surface area contributed by atoms with Gasteiger partial charge in [-0.2, -0.15) is 0 Å². The molecule has 5 aliphatic carbocycles. The third kappa shape index (κ3) is 3.20. The van der Waals surface area contributed by atoms with Crippen molar-refractivity contribution in [2.24, 2.45) is 17.8 Å². The maximum absolute atomic E-state index is 12.1. The molecule has 4 bridgehead atoms. The van der Waals surface area contributed by atoms with Gasteiger partial charge in [-0.3, -0.25) is 4.57 Å². The Morgan fingerprint density at radius 3 is 2.36 bits per heavy atom. The van der Waals surface area contributed by atoms with Gasteiger partial charge >= 0.3 is 5.97 Å². The predicted molar refractivity (Wildman–Crippen MR) is 127 cm³/mol. The number of carboxylic acids is 1. The van der Waals surface area contributed by atoms with E-state index >= 15 is 0 Å². The topological polar surface area (TPSA) is 121 Å². The van der Waals surface area contributed by atoms with Crippen molar-refractivity contribution >= 4 is 23.0 Å². The first-order valence-electron chi connectivity index (χ1n) is 13.7. The second-order valence-corrected chi connectivity index (χ2v) is 12.3. The van der Waals surface area contributed by atoms with Crippen molar-refractivity contribution in [3.63, 3.8) is 0 Å². The van der Waals surface area contributed by atoms with Crippen LogP contribution in [0.1, 0.15) is 76.9 Å². The number of nitrogens with one attached hydrogen (secondary N) is 1. The van der Waals surface area contributed by atoms with Gasteiger partial charge in [-0.25, -0.2) is 19.7 Å². The highest BCUT2D eigenvalue weighted by Crippen LogP contribution is 2.57. The maximum atomic E-state index is 12.1. The average molecular weight is 496 g/mol.